The summed E-state index contributed by atoms with van der Waals surface area (Å²) in [4.78, 5) is 2.21. The Balaban J connectivity index is 2.21. The molecule has 2 aromatic rings. The quantitative estimate of drug-likeness (QED) is 0.700. The SMILES string of the molecule is CCC(C)OC(C(C)O)N(Cc1ccccc1)Cc1ccccc1. The summed E-state index contributed by atoms with van der Waals surface area (Å²) in [5.74, 6) is 0. The average Bonchev–Trinajstić information content (AvgIpc) is 2.60. The van der Waals surface area contributed by atoms with Crippen LogP contribution < -0.4 is 0 Å². The summed E-state index contributed by atoms with van der Waals surface area (Å²) in [7, 11) is 0. The van der Waals surface area contributed by atoms with E-state index >= 15 is 0 Å². The third kappa shape index (κ3) is 5.75. The van der Waals surface area contributed by atoms with E-state index in [4.69, 9.17) is 4.74 Å². The first-order valence-electron chi connectivity index (χ1n) is 8.75. The van der Waals surface area contributed by atoms with Gasteiger partial charge in [-0.1, -0.05) is 67.6 Å². The molecule has 130 valence electrons. The predicted octanol–water partition coefficient (Wildman–Crippen LogP) is 4.21. The van der Waals surface area contributed by atoms with Crippen molar-refractivity contribution in [2.45, 2.75) is 58.7 Å². The van der Waals surface area contributed by atoms with Crippen LogP contribution in [0.5, 0.6) is 0 Å². The Kier molecular flexibility index (Phi) is 7.44. The van der Waals surface area contributed by atoms with Gasteiger partial charge in [0.1, 0.15) is 6.23 Å². The van der Waals surface area contributed by atoms with Crippen LogP contribution in [-0.4, -0.2) is 28.4 Å². The normalized spacial score (nSPS) is 15.2. The summed E-state index contributed by atoms with van der Waals surface area (Å²) in [6.45, 7) is 7.43. The van der Waals surface area contributed by atoms with E-state index in [1.807, 2.05) is 36.4 Å². The van der Waals surface area contributed by atoms with Gasteiger partial charge in [0.2, 0.25) is 0 Å². The molecule has 1 N–H and O–H groups in total. The molecule has 0 heterocycles. The highest BCUT2D eigenvalue weighted by atomic mass is 16.5. The van der Waals surface area contributed by atoms with Crippen LogP contribution in [-0.2, 0) is 17.8 Å². The van der Waals surface area contributed by atoms with E-state index in [2.05, 4.69) is 43.0 Å². The Bertz CT molecular complexity index is 529. The van der Waals surface area contributed by atoms with Gasteiger partial charge in [0.05, 0.1) is 12.2 Å². The van der Waals surface area contributed by atoms with Gasteiger partial charge in [-0.3, -0.25) is 4.90 Å². The molecule has 0 aliphatic carbocycles. The van der Waals surface area contributed by atoms with Crippen LogP contribution in [0.4, 0.5) is 0 Å². The Hall–Kier alpha value is -1.68. The number of benzene rings is 2. The fraction of sp³-hybridized carbons (Fsp3) is 0.429. The molecule has 3 unspecified atom stereocenters. The Morgan fingerprint density at radius 2 is 1.33 bits per heavy atom. The first kappa shape index (κ1) is 18.7. The van der Waals surface area contributed by atoms with Gasteiger partial charge in [-0.2, -0.15) is 0 Å². The number of hydrogen-bond donors (Lipinski definition) is 1. The van der Waals surface area contributed by atoms with E-state index < -0.39 is 6.10 Å². The first-order chi connectivity index (χ1) is 11.6. The van der Waals surface area contributed by atoms with E-state index in [0.29, 0.717) is 0 Å². The first-order valence-corrected chi connectivity index (χ1v) is 8.75. The fourth-order valence-corrected chi connectivity index (χ4v) is 2.71. The molecule has 0 aliphatic rings. The molecular weight excluding hydrogens is 298 g/mol. The molecule has 3 heteroatoms. The number of hydrogen-bond acceptors (Lipinski definition) is 3. The fourth-order valence-electron chi connectivity index (χ4n) is 2.71. The van der Waals surface area contributed by atoms with Crippen molar-refractivity contribution in [3.05, 3.63) is 71.8 Å². The van der Waals surface area contributed by atoms with E-state index in [1.54, 1.807) is 6.92 Å². The van der Waals surface area contributed by atoms with E-state index in [9.17, 15) is 5.11 Å². The van der Waals surface area contributed by atoms with Gasteiger partial charge in [0, 0.05) is 13.1 Å². The van der Waals surface area contributed by atoms with Gasteiger partial charge in [0.15, 0.2) is 0 Å². The van der Waals surface area contributed by atoms with Crippen molar-refractivity contribution in [1.29, 1.82) is 0 Å². The molecule has 3 nitrogen and oxygen atoms in total. The molecule has 0 radical (unpaired) electrons. The third-order valence-electron chi connectivity index (χ3n) is 4.18. The number of ether oxygens (including phenoxy) is 1. The molecule has 3 atom stereocenters. The second-order valence-electron chi connectivity index (χ2n) is 6.36. The minimum Gasteiger partial charge on any atom is -0.389 e. The maximum Gasteiger partial charge on any atom is 0.137 e. The molecular formula is C21H29NO2. The van der Waals surface area contributed by atoms with Crippen LogP contribution in [0.2, 0.25) is 0 Å². The predicted molar refractivity (Wildman–Crippen MR) is 98.4 cm³/mol. The maximum atomic E-state index is 10.3. The van der Waals surface area contributed by atoms with Crippen molar-refractivity contribution in [3.8, 4) is 0 Å². The largest absolute Gasteiger partial charge is 0.389 e. The van der Waals surface area contributed by atoms with Crippen molar-refractivity contribution in [1.82, 2.24) is 4.90 Å². The second-order valence-corrected chi connectivity index (χ2v) is 6.36. The van der Waals surface area contributed by atoms with Crippen molar-refractivity contribution >= 4 is 0 Å². The summed E-state index contributed by atoms with van der Waals surface area (Å²) in [6.07, 6.45) is 0.138. The Morgan fingerprint density at radius 3 is 1.71 bits per heavy atom. The highest BCUT2D eigenvalue weighted by molar-refractivity contribution is 5.17. The van der Waals surface area contributed by atoms with E-state index in [0.717, 1.165) is 19.5 Å². The zero-order chi connectivity index (χ0) is 17.4. The summed E-state index contributed by atoms with van der Waals surface area (Å²) in [5, 5.41) is 10.3. The maximum absolute atomic E-state index is 10.3. The molecule has 0 aliphatic heterocycles. The lowest BCUT2D eigenvalue weighted by Crippen LogP contribution is -2.45. The zero-order valence-corrected chi connectivity index (χ0v) is 14.9. The van der Waals surface area contributed by atoms with Crippen molar-refractivity contribution in [2.24, 2.45) is 0 Å². The number of aliphatic hydroxyl groups is 1. The lowest BCUT2D eigenvalue weighted by Gasteiger charge is -2.35. The summed E-state index contributed by atoms with van der Waals surface area (Å²) in [6, 6.07) is 20.7. The summed E-state index contributed by atoms with van der Waals surface area (Å²) in [5.41, 5.74) is 2.43. The van der Waals surface area contributed by atoms with Gasteiger partial charge in [-0.05, 0) is 31.4 Å². The van der Waals surface area contributed by atoms with Crippen LogP contribution in [0.1, 0.15) is 38.3 Å². The lowest BCUT2D eigenvalue weighted by molar-refractivity contribution is -0.151. The topological polar surface area (TPSA) is 32.7 Å². The molecule has 0 aromatic heterocycles. The highest BCUT2D eigenvalue weighted by Crippen LogP contribution is 2.18. The van der Waals surface area contributed by atoms with Crippen molar-refractivity contribution < 1.29 is 9.84 Å². The van der Waals surface area contributed by atoms with Crippen LogP contribution in [0.3, 0.4) is 0 Å². The van der Waals surface area contributed by atoms with E-state index in [1.165, 1.54) is 11.1 Å². The zero-order valence-electron chi connectivity index (χ0n) is 14.9. The molecule has 0 saturated carbocycles. The molecule has 2 aromatic carbocycles. The molecule has 24 heavy (non-hydrogen) atoms. The van der Waals surface area contributed by atoms with Crippen LogP contribution in [0.15, 0.2) is 60.7 Å². The van der Waals surface area contributed by atoms with E-state index in [-0.39, 0.29) is 12.3 Å². The van der Waals surface area contributed by atoms with Gasteiger partial charge in [0.25, 0.3) is 0 Å². The third-order valence-corrected chi connectivity index (χ3v) is 4.18. The molecule has 0 amide bonds. The lowest BCUT2D eigenvalue weighted by atomic mass is 10.1. The van der Waals surface area contributed by atoms with Crippen LogP contribution in [0, 0.1) is 0 Å². The molecule has 0 spiro atoms. The van der Waals surface area contributed by atoms with Crippen LogP contribution in [0.25, 0.3) is 0 Å². The summed E-state index contributed by atoms with van der Waals surface area (Å²) >= 11 is 0. The highest BCUT2D eigenvalue weighted by Gasteiger charge is 2.26. The van der Waals surface area contributed by atoms with Gasteiger partial charge in [-0.25, -0.2) is 0 Å². The Labute approximate surface area is 145 Å². The van der Waals surface area contributed by atoms with Crippen LogP contribution >= 0.6 is 0 Å². The number of aliphatic hydroxyl groups excluding tert-OH is 1. The van der Waals surface area contributed by atoms with Gasteiger partial charge < -0.3 is 9.84 Å². The monoisotopic (exact) mass is 327 g/mol. The molecule has 0 fully saturated rings. The molecule has 0 bridgehead atoms. The smallest absolute Gasteiger partial charge is 0.137 e. The minimum atomic E-state index is -0.563. The van der Waals surface area contributed by atoms with Crippen molar-refractivity contribution in [3.63, 3.8) is 0 Å². The second kappa shape index (κ2) is 9.58. The standard InChI is InChI=1S/C21H29NO2/c1-4-17(2)24-21(18(3)23)22(15-19-11-7-5-8-12-19)16-20-13-9-6-10-14-20/h5-14,17-18,21,23H,4,15-16H2,1-3H3. The minimum absolute atomic E-state index is 0.110. The number of rotatable bonds is 9. The Morgan fingerprint density at radius 1 is 0.875 bits per heavy atom. The molecule has 2 rings (SSSR count). The summed E-state index contributed by atoms with van der Waals surface area (Å²) < 4.78 is 6.14. The average molecular weight is 327 g/mol. The molecule has 0 saturated heterocycles. The van der Waals surface area contributed by atoms with Gasteiger partial charge in [-0.15, -0.1) is 0 Å². The number of nitrogens with zero attached hydrogens (tertiary/aromatic N) is 1. The van der Waals surface area contributed by atoms with Crippen molar-refractivity contribution in [2.75, 3.05) is 0 Å². The van der Waals surface area contributed by atoms with Gasteiger partial charge >= 0.3 is 0 Å².